The molecule has 0 aliphatic carbocycles. The number of carbonyl (C=O) groups excluding carboxylic acids is 1. The van der Waals surface area contributed by atoms with Crippen LogP contribution in [0.25, 0.3) is 0 Å². The summed E-state index contributed by atoms with van der Waals surface area (Å²) < 4.78 is 0. The molecule has 16 heavy (non-hydrogen) atoms. The second kappa shape index (κ2) is 5.03. The molecule has 2 rings (SSSR count). The Bertz CT molecular complexity index is 490. The van der Waals surface area contributed by atoms with Gasteiger partial charge in [-0.15, -0.1) is 11.3 Å². The molecule has 0 unspecified atom stereocenters. The van der Waals surface area contributed by atoms with Gasteiger partial charge in [0.05, 0.1) is 5.01 Å². The smallest absolute Gasteiger partial charge is 0.125 e. The summed E-state index contributed by atoms with van der Waals surface area (Å²) in [4.78, 5) is 15.7. The van der Waals surface area contributed by atoms with Crippen LogP contribution >= 0.6 is 11.3 Å². The predicted octanol–water partition coefficient (Wildman–Crippen LogP) is 2.78. The SMILES string of the molecule is Cc1ccccc1Cc1ncc(CC=O)s1. The summed E-state index contributed by atoms with van der Waals surface area (Å²) in [5.74, 6) is 0. The number of carbonyl (C=O) groups is 1. The lowest BCUT2D eigenvalue weighted by atomic mass is 10.1. The van der Waals surface area contributed by atoms with Crippen molar-refractivity contribution >= 4 is 17.6 Å². The number of aryl methyl sites for hydroxylation is 1. The van der Waals surface area contributed by atoms with Gasteiger partial charge in [0, 0.05) is 23.9 Å². The highest BCUT2D eigenvalue weighted by atomic mass is 32.1. The molecule has 0 spiro atoms. The number of hydrogen-bond donors (Lipinski definition) is 0. The first-order valence-corrected chi connectivity index (χ1v) is 6.03. The Labute approximate surface area is 99.0 Å². The highest BCUT2D eigenvalue weighted by Crippen LogP contribution is 2.18. The average molecular weight is 231 g/mol. The van der Waals surface area contributed by atoms with Crippen molar-refractivity contribution in [3.05, 3.63) is 51.5 Å². The van der Waals surface area contributed by atoms with Crippen LogP contribution in [-0.4, -0.2) is 11.3 Å². The fourth-order valence-electron chi connectivity index (χ4n) is 1.58. The van der Waals surface area contributed by atoms with Crippen LogP contribution in [0.1, 0.15) is 21.0 Å². The third-order valence-corrected chi connectivity index (χ3v) is 3.51. The number of aromatic nitrogens is 1. The average Bonchev–Trinajstić information content (AvgIpc) is 2.70. The molecule has 0 N–H and O–H groups in total. The van der Waals surface area contributed by atoms with Crippen LogP contribution in [-0.2, 0) is 17.6 Å². The molecule has 0 bridgehead atoms. The third-order valence-electron chi connectivity index (χ3n) is 2.49. The number of benzene rings is 1. The maximum atomic E-state index is 10.4. The van der Waals surface area contributed by atoms with E-state index in [4.69, 9.17) is 0 Å². The zero-order chi connectivity index (χ0) is 11.4. The van der Waals surface area contributed by atoms with Gasteiger partial charge in [-0.05, 0) is 18.1 Å². The molecule has 0 fully saturated rings. The first-order valence-electron chi connectivity index (χ1n) is 5.21. The quantitative estimate of drug-likeness (QED) is 0.757. The molecule has 0 saturated heterocycles. The summed E-state index contributed by atoms with van der Waals surface area (Å²) in [6.45, 7) is 2.11. The van der Waals surface area contributed by atoms with Crippen molar-refractivity contribution in [2.75, 3.05) is 0 Å². The van der Waals surface area contributed by atoms with E-state index in [-0.39, 0.29) is 0 Å². The number of aldehydes is 1. The number of nitrogens with zero attached hydrogens (tertiary/aromatic N) is 1. The number of rotatable bonds is 4. The summed E-state index contributed by atoms with van der Waals surface area (Å²) in [6, 6.07) is 8.31. The van der Waals surface area contributed by atoms with Gasteiger partial charge in [-0.1, -0.05) is 24.3 Å². The lowest BCUT2D eigenvalue weighted by molar-refractivity contribution is -0.107. The molecular weight excluding hydrogens is 218 g/mol. The van der Waals surface area contributed by atoms with Gasteiger partial charge >= 0.3 is 0 Å². The molecule has 0 aliphatic rings. The van der Waals surface area contributed by atoms with Crippen molar-refractivity contribution in [1.82, 2.24) is 4.98 Å². The predicted molar refractivity (Wildman–Crippen MR) is 65.9 cm³/mol. The Morgan fingerprint density at radius 3 is 2.94 bits per heavy atom. The standard InChI is InChI=1S/C13H13NOS/c1-10-4-2-3-5-11(10)8-13-14-9-12(16-13)6-7-15/h2-5,7,9H,6,8H2,1H3. The Kier molecular flexibility index (Phi) is 3.47. The van der Waals surface area contributed by atoms with Gasteiger partial charge in [0.25, 0.3) is 0 Å². The molecule has 2 nitrogen and oxygen atoms in total. The minimum absolute atomic E-state index is 0.478. The number of thiazole rings is 1. The molecule has 3 heteroatoms. The highest BCUT2D eigenvalue weighted by Gasteiger charge is 2.04. The second-order valence-electron chi connectivity index (χ2n) is 3.69. The van der Waals surface area contributed by atoms with Gasteiger partial charge in [-0.3, -0.25) is 0 Å². The maximum Gasteiger partial charge on any atom is 0.125 e. The monoisotopic (exact) mass is 231 g/mol. The molecule has 2 aromatic rings. The summed E-state index contributed by atoms with van der Waals surface area (Å²) in [6.07, 6.45) is 4.05. The van der Waals surface area contributed by atoms with Gasteiger partial charge < -0.3 is 4.79 Å². The molecule has 0 amide bonds. The largest absolute Gasteiger partial charge is 0.303 e. The van der Waals surface area contributed by atoms with E-state index >= 15 is 0 Å². The van der Waals surface area contributed by atoms with Gasteiger partial charge in [0.2, 0.25) is 0 Å². The molecule has 0 aliphatic heterocycles. The van der Waals surface area contributed by atoms with E-state index in [0.29, 0.717) is 6.42 Å². The molecule has 82 valence electrons. The lowest BCUT2D eigenvalue weighted by Gasteiger charge is -2.01. The first-order chi connectivity index (χ1) is 7.79. The van der Waals surface area contributed by atoms with E-state index in [9.17, 15) is 4.79 Å². The van der Waals surface area contributed by atoms with E-state index in [1.54, 1.807) is 17.5 Å². The van der Waals surface area contributed by atoms with Crippen LogP contribution in [0.4, 0.5) is 0 Å². The Hall–Kier alpha value is -1.48. The van der Waals surface area contributed by atoms with Crippen LogP contribution in [0.2, 0.25) is 0 Å². The minimum Gasteiger partial charge on any atom is -0.303 e. The summed E-state index contributed by atoms with van der Waals surface area (Å²) >= 11 is 1.62. The van der Waals surface area contributed by atoms with Gasteiger partial charge in [-0.2, -0.15) is 0 Å². The molecule has 0 radical (unpaired) electrons. The van der Waals surface area contributed by atoms with E-state index < -0.39 is 0 Å². The second-order valence-corrected chi connectivity index (χ2v) is 4.89. The van der Waals surface area contributed by atoms with Crippen LogP contribution in [0.3, 0.4) is 0 Å². The first kappa shape index (κ1) is 11.0. The maximum absolute atomic E-state index is 10.4. The van der Waals surface area contributed by atoms with E-state index in [0.717, 1.165) is 22.6 Å². The van der Waals surface area contributed by atoms with Crippen molar-refractivity contribution in [3.8, 4) is 0 Å². The topological polar surface area (TPSA) is 30.0 Å². The Balaban J connectivity index is 2.14. The Morgan fingerprint density at radius 1 is 1.38 bits per heavy atom. The summed E-state index contributed by atoms with van der Waals surface area (Å²) in [5, 5.41) is 1.08. The van der Waals surface area contributed by atoms with Crippen molar-refractivity contribution in [1.29, 1.82) is 0 Å². The van der Waals surface area contributed by atoms with Crippen molar-refractivity contribution in [2.24, 2.45) is 0 Å². The van der Waals surface area contributed by atoms with Gasteiger partial charge in [-0.25, -0.2) is 4.98 Å². The Morgan fingerprint density at radius 2 is 2.19 bits per heavy atom. The van der Waals surface area contributed by atoms with Crippen LogP contribution < -0.4 is 0 Å². The van der Waals surface area contributed by atoms with Gasteiger partial charge in [0.1, 0.15) is 6.29 Å². The number of hydrogen-bond acceptors (Lipinski definition) is 3. The van der Waals surface area contributed by atoms with Crippen molar-refractivity contribution in [2.45, 2.75) is 19.8 Å². The molecule has 1 heterocycles. The molecule has 1 aromatic carbocycles. The minimum atomic E-state index is 0.478. The zero-order valence-electron chi connectivity index (χ0n) is 9.14. The van der Waals surface area contributed by atoms with Gasteiger partial charge in [0.15, 0.2) is 0 Å². The normalized spacial score (nSPS) is 10.3. The third kappa shape index (κ3) is 2.55. The molecular formula is C13H13NOS. The van der Waals surface area contributed by atoms with Crippen LogP contribution in [0, 0.1) is 6.92 Å². The summed E-state index contributed by atoms with van der Waals surface area (Å²) in [5.41, 5.74) is 2.59. The highest BCUT2D eigenvalue weighted by molar-refractivity contribution is 7.11. The van der Waals surface area contributed by atoms with E-state index in [1.165, 1.54) is 11.1 Å². The molecule has 0 saturated carbocycles. The van der Waals surface area contributed by atoms with E-state index in [1.807, 2.05) is 12.1 Å². The van der Waals surface area contributed by atoms with Crippen LogP contribution in [0.15, 0.2) is 30.5 Å². The molecule has 1 aromatic heterocycles. The van der Waals surface area contributed by atoms with Crippen molar-refractivity contribution in [3.63, 3.8) is 0 Å². The van der Waals surface area contributed by atoms with E-state index in [2.05, 4.69) is 24.0 Å². The lowest BCUT2D eigenvalue weighted by Crippen LogP contribution is -1.89. The van der Waals surface area contributed by atoms with Crippen LogP contribution in [0.5, 0.6) is 0 Å². The fraction of sp³-hybridized carbons (Fsp3) is 0.231. The fourth-order valence-corrected chi connectivity index (χ4v) is 2.47. The summed E-state index contributed by atoms with van der Waals surface area (Å²) in [7, 11) is 0. The van der Waals surface area contributed by atoms with Crippen molar-refractivity contribution < 1.29 is 4.79 Å². The molecule has 0 atom stereocenters. The zero-order valence-corrected chi connectivity index (χ0v) is 9.96.